The number of aromatic nitrogens is 1. The Morgan fingerprint density at radius 3 is 2.82 bits per heavy atom. The molecule has 2 heterocycles. The summed E-state index contributed by atoms with van der Waals surface area (Å²) in [5, 5.41) is 3.56. The maximum atomic E-state index is 10.9. The highest BCUT2D eigenvalue weighted by molar-refractivity contribution is 5.91. The number of hydrogen-bond acceptors (Lipinski definition) is 5. The largest absolute Gasteiger partial charge is 0.454 e. The lowest BCUT2D eigenvalue weighted by Gasteiger charge is -1.98. The van der Waals surface area contributed by atoms with Crippen LogP contribution in [-0.4, -0.2) is 17.9 Å². The molecule has 1 aliphatic rings. The second kappa shape index (κ2) is 3.51. The third-order valence-corrected chi connectivity index (χ3v) is 2.42. The zero-order chi connectivity index (χ0) is 11.8. The average molecular weight is 232 g/mol. The van der Waals surface area contributed by atoms with Crippen LogP contribution in [0.3, 0.4) is 0 Å². The van der Waals surface area contributed by atoms with Gasteiger partial charge in [-0.15, -0.1) is 0 Å². The van der Waals surface area contributed by atoms with Gasteiger partial charge in [-0.2, -0.15) is 0 Å². The van der Waals surface area contributed by atoms with Gasteiger partial charge >= 0.3 is 0 Å². The van der Waals surface area contributed by atoms with Gasteiger partial charge in [0.15, 0.2) is 23.0 Å². The number of primary amides is 1. The summed E-state index contributed by atoms with van der Waals surface area (Å²) in [6, 6.07) is 6.80. The van der Waals surface area contributed by atoms with Gasteiger partial charge in [0.25, 0.3) is 5.91 Å². The molecular formula is C11H8N2O4. The van der Waals surface area contributed by atoms with Crippen molar-refractivity contribution >= 4 is 5.91 Å². The number of carbonyl (C=O) groups is 1. The van der Waals surface area contributed by atoms with Gasteiger partial charge in [0, 0.05) is 11.6 Å². The van der Waals surface area contributed by atoms with Crippen LogP contribution in [0.1, 0.15) is 10.5 Å². The Bertz CT molecular complexity index is 591. The molecule has 2 N–H and O–H groups in total. The fourth-order valence-corrected chi connectivity index (χ4v) is 1.58. The second-order valence-electron chi connectivity index (χ2n) is 3.51. The highest BCUT2D eigenvalue weighted by atomic mass is 16.7. The molecule has 86 valence electrons. The Kier molecular flexibility index (Phi) is 2.01. The summed E-state index contributed by atoms with van der Waals surface area (Å²) in [7, 11) is 0. The summed E-state index contributed by atoms with van der Waals surface area (Å²) < 4.78 is 15.5. The van der Waals surface area contributed by atoms with Crippen LogP contribution in [0, 0.1) is 0 Å². The molecule has 1 aromatic carbocycles. The first-order chi connectivity index (χ1) is 8.24. The van der Waals surface area contributed by atoms with Crippen molar-refractivity contribution in [2.24, 2.45) is 5.73 Å². The molecule has 6 heteroatoms. The Morgan fingerprint density at radius 1 is 1.24 bits per heavy atom. The van der Waals surface area contributed by atoms with E-state index in [-0.39, 0.29) is 12.5 Å². The third-order valence-electron chi connectivity index (χ3n) is 2.42. The molecule has 17 heavy (non-hydrogen) atoms. The number of benzene rings is 1. The van der Waals surface area contributed by atoms with E-state index in [2.05, 4.69) is 5.16 Å². The Morgan fingerprint density at radius 2 is 2.06 bits per heavy atom. The van der Waals surface area contributed by atoms with Crippen LogP contribution in [0.5, 0.6) is 11.5 Å². The van der Waals surface area contributed by atoms with Crippen molar-refractivity contribution in [2.75, 3.05) is 6.79 Å². The summed E-state index contributed by atoms with van der Waals surface area (Å²) in [5.41, 5.74) is 5.93. The van der Waals surface area contributed by atoms with Gasteiger partial charge in [-0.25, -0.2) is 0 Å². The fraction of sp³-hybridized carbons (Fsp3) is 0.0909. The molecule has 0 radical (unpaired) electrons. The highest BCUT2D eigenvalue weighted by Gasteiger charge is 2.16. The highest BCUT2D eigenvalue weighted by Crippen LogP contribution is 2.35. The molecular weight excluding hydrogens is 224 g/mol. The fourth-order valence-electron chi connectivity index (χ4n) is 1.58. The average Bonchev–Trinajstić information content (AvgIpc) is 2.97. The molecule has 1 amide bonds. The minimum atomic E-state index is -0.624. The van der Waals surface area contributed by atoms with Crippen LogP contribution >= 0.6 is 0 Å². The van der Waals surface area contributed by atoms with Gasteiger partial charge in [0.05, 0.1) is 0 Å². The predicted molar refractivity (Wildman–Crippen MR) is 56.6 cm³/mol. The van der Waals surface area contributed by atoms with Crippen molar-refractivity contribution in [1.29, 1.82) is 0 Å². The normalized spacial score (nSPS) is 12.7. The summed E-state index contributed by atoms with van der Waals surface area (Å²) in [6.07, 6.45) is 0. The van der Waals surface area contributed by atoms with Crippen molar-refractivity contribution in [3.8, 4) is 22.8 Å². The number of hydrogen-bond donors (Lipinski definition) is 1. The lowest BCUT2D eigenvalue weighted by molar-refractivity contribution is 0.0991. The summed E-state index contributed by atoms with van der Waals surface area (Å²) in [4.78, 5) is 10.9. The van der Waals surface area contributed by atoms with E-state index in [1.54, 1.807) is 18.2 Å². The van der Waals surface area contributed by atoms with Gasteiger partial charge in [-0.05, 0) is 18.2 Å². The number of nitrogens with zero attached hydrogens (tertiary/aromatic N) is 1. The number of rotatable bonds is 2. The first-order valence-electron chi connectivity index (χ1n) is 4.90. The lowest BCUT2D eigenvalue weighted by atomic mass is 10.1. The Hall–Kier alpha value is -2.50. The molecule has 0 atom stereocenters. The first-order valence-corrected chi connectivity index (χ1v) is 4.90. The van der Waals surface area contributed by atoms with E-state index in [0.717, 1.165) is 5.56 Å². The minimum absolute atomic E-state index is 0.0951. The van der Waals surface area contributed by atoms with Gasteiger partial charge in [-0.3, -0.25) is 4.79 Å². The Balaban J connectivity index is 2.00. The van der Waals surface area contributed by atoms with Gasteiger partial charge < -0.3 is 19.7 Å². The van der Waals surface area contributed by atoms with Crippen LogP contribution in [0.2, 0.25) is 0 Å². The van der Waals surface area contributed by atoms with Crippen molar-refractivity contribution in [3.63, 3.8) is 0 Å². The van der Waals surface area contributed by atoms with E-state index < -0.39 is 5.91 Å². The second-order valence-corrected chi connectivity index (χ2v) is 3.51. The topological polar surface area (TPSA) is 87.6 Å². The van der Waals surface area contributed by atoms with E-state index >= 15 is 0 Å². The molecule has 0 unspecified atom stereocenters. The predicted octanol–water partition coefficient (Wildman–Crippen LogP) is 1.17. The molecule has 0 spiro atoms. The van der Waals surface area contributed by atoms with Crippen LogP contribution in [0.15, 0.2) is 28.8 Å². The quantitative estimate of drug-likeness (QED) is 0.839. The molecule has 0 saturated carbocycles. The standard InChI is InChI=1S/C11H8N2O4/c12-11(14)7-4-9(17-13-7)6-1-2-8-10(3-6)16-5-15-8/h1-4H,5H2,(H2,12,14). The molecule has 0 saturated heterocycles. The first kappa shape index (κ1) is 9.71. The summed E-state index contributed by atoms with van der Waals surface area (Å²) in [5.74, 6) is 1.15. The van der Waals surface area contributed by atoms with E-state index in [9.17, 15) is 4.79 Å². The number of fused-ring (bicyclic) bond motifs is 1. The maximum absolute atomic E-state index is 10.9. The van der Waals surface area contributed by atoms with Crippen molar-refractivity contribution in [1.82, 2.24) is 5.16 Å². The zero-order valence-electron chi connectivity index (χ0n) is 8.67. The van der Waals surface area contributed by atoms with Crippen molar-refractivity contribution < 1.29 is 18.8 Å². The molecule has 2 aromatic rings. The van der Waals surface area contributed by atoms with Crippen molar-refractivity contribution in [3.05, 3.63) is 30.0 Å². The minimum Gasteiger partial charge on any atom is -0.454 e. The van der Waals surface area contributed by atoms with E-state index in [1.807, 2.05) is 0 Å². The van der Waals surface area contributed by atoms with Gasteiger partial charge in [0.1, 0.15) is 0 Å². The molecule has 6 nitrogen and oxygen atoms in total. The Labute approximate surface area is 95.9 Å². The molecule has 0 aliphatic carbocycles. The van der Waals surface area contributed by atoms with Crippen LogP contribution in [0.25, 0.3) is 11.3 Å². The number of amides is 1. The van der Waals surface area contributed by atoms with E-state index in [0.29, 0.717) is 17.3 Å². The SMILES string of the molecule is NC(=O)c1cc(-c2ccc3c(c2)OCO3)on1. The molecule has 0 bridgehead atoms. The van der Waals surface area contributed by atoms with Gasteiger partial charge in [-0.1, -0.05) is 5.16 Å². The molecule has 1 aliphatic heterocycles. The van der Waals surface area contributed by atoms with Crippen LogP contribution < -0.4 is 15.2 Å². The van der Waals surface area contributed by atoms with Crippen molar-refractivity contribution in [2.45, 2.75) is 0 Å². The lowest BCUT2D eigenvalue weighted by Crippen LogP contribution is -2.10. The smallest absolute Gasteiger partial charge is 0.270 e. The van der Waals surface area contributed by atoms with Gasteiger partial charge in [0.2, 0.25) is 6.79 Å². The summed E-state index contributed by atoms with van der Waals surface area (Å²) in [6.45, 7) is 0.210. The maximum Gasteiger partial charge on any atom is 0.270 e. The summed E-state index contributed by atoms with van der Waals surface area (Å²) >= 11 is 0. The molecule has 3 rings (SSSR count). The molecule has 0 fully saturated rings. The van der Waals surface area contributed by atoms with E-state index in [1.165, 1.54) is 6.07 Å². The van der Waals surface area contributed by atoms with E-state index in [4.69, 9.17) is 19.7 Å². The van der Waals surface area contributed by atoms with Crippen LogP contribution in [-0.2, 0) is 0 Å². The number of nitrogens with two attached hydrogens (primary N) is 1. The van der Waals surface area contributed by atoms with Crippen LogP contribution in [0.4, 0.5) is 0 Å². The zero-order valence-corrected chi connectivity index (χ0v) is 8.67. The third kappa shape index (κ3) is 1.59. The number of ether oxygens (including phenoxy) is 2. The molecule has 1 aromatic heterocycles. The monoisotopic (exact) mass is 232 g/mol. The number of carbonyl (C=O) groups excluding carboxylic acids is 1.